The van der Waals surface area contributed by atoms with Crippen molar-refractivity contribution in [3.8, 4) is 0 Å². The maximum atomic E-state index is 12.4. The molecule has 2 rings (SSSR count). The standard InChI is InChI=1S/C17H20N2O/c1-4-10-19(11-5-2)17(20)12-15-13(3)18-16-9-7-6-8-14(15)16/h4-9,18H,1-2,10-12H2,3H3. The molecule has 0 radical (unpaired) electrons. The zero-order chi connectivity index (χ0) is 14.5. The van der Waals surface area contributed by atoms with Gasteiger partial charge in [0.1, 0.15) is 0 Å². The highest BCUT2D eigenvalue weighted by Gasteiger charge is 2.16. The Hall–Kier alpha value is -2.29. The van der Waals surface area contributed by atoms with Gasteiger partial charge in [0, 0.05) is 29.7 Å². The minimum Gasteiger partial charge on any atom is -0.358 e. The maximum Gasteiger partial charge on any atom is 0.227 e. The third-order valence-electron chi connectivity index (χ3n) is 3.41. The van der Waals surface area contributed by atoms with Gasteiger partial charge in [-0.15, -0.1) is 13.2 Å². The lowest BCUT2D eigenvalue weighted by Crippen LogP contribution is -2.32. The number of carbonyl (C=O) groups is 1. The van der Waals surface area contributed by atoms with E-state index in [1.807, 2.05) is 31.2 Å². The third kappa shape index (κ3) is 2.82. The summed E-state index contributed by atoms with van der Waals surface area (Å²) < 4.78 is 0. The lowest BCUT2D eigenvalue weighted by atomic mass is 10.1. The zero-order valence-electron chi connectivity index (χ0n) is 11.9. The number of H-pyrrole nitrogens is 1. The summed E-state index contributed by atoms with van der Waals surface area (Å²) in [5.41, 5.74) is 3.20. The summed E-state index contributed by atoms with van der Waals surface area (Å²) in [4.78, 5) is 17.5. The van der Waals surface area contributed by atoms with Crippen LogP contribution < -0.4 is 0 Å². The number of hydrogen-bond donors (Lipinski definition) is 1. The summed E-state index contributed by atoms with van der Waals surface area (Å²) in [6, 6.07) is 8.06. The molecule has 0 spiro atoms. The van der Waals surface area contributed by atoms with E-state index < -0.39 is 0 Å². The van der Waals surface area contributed by atoms with Gasteiger partial charge in [-0.05, 0) is 18.6 Å². The van der Waals surface area contributed by atoms with Crippen molar-refractivity contribution in [2.45, 2.75) is 13.3 Å². The monoisotopic (exact) mass is 268 g/mol. The van der Waals surface area contributed by atoms with Gasteiger partial charge in [0.25, 0.3) is 0 Å². The molecule has 0 bridgehead atoms. The Bertz CT molecular complexity index is 629. The smallest absolute Gasteiger partial charge is 0.227 e. The Morgan fingerprint density at radius 2 is 1.90 bits per heavy atom. The number of fused-ring (bicyclic) bond motifs is 1. The second-order valence-electron chi connectivity index (χ2n) is 4.83. The summed E-state index contributed by atoms with van der Waals surface area (Å²) >= 11 is 0. The van der Waals surface area contributed by atoms with E-state index in [9.17, 15) is 4.79 Å². The van der Waals surface area contributed by atoms with Gasteiger partial charge < -0.3 is 9.88 Å². The number of hydrogen-bond acceptors (Lipinski definition) is 1. The molecule has 0 aliphatic carbocycles. The highest BCUT2D eigenvalue weighted by molar-refractivity contribution is 5.90. The van der Waals surface area contributed by atoms with E-state index in [4.69, 9.17) is 0 Å². The van der Waals surface area contributed by atoms with E-state index in [1.165, 1.54) is 0 Å². The van der Waals surface area contributed by atoms with Gasteiger partial charge in [0.2, 0.25) is 5.91 Å². The summed E-state index contributed by atoms with van der Waals surface area (Å²) in [6.07, 6.45) is 3.88. The highest BCUT2D eigenvalue weighted by atomic mass is 16.2. The predicted octanol–water partition coefficient (Wildman–Crippen LogP) is 3.22. The van der Waals surface area contributed by atoms with Crippen molar-refractivity contribution in [1.82, 2.24) is 9.88 Å². The van der Waals surface area contributed by atoms with Gasteiger partial charge in [0.05, 0.1) is 6.42 Å². The maximum absolute atomic E-state index is 12.4. The molecule has 1 aromatic heterocycles. The SMILES string of the molecule is C=CCN(CC=C)C(=O)Cc1c(C)[nH]c2ccccc12. The van der Waals surface area contributed by atoms with Crippen LogP contribution in [0.15, 0.2) is 49.6 Å². The van der Waals surface area contributed by atoms with E-state index in [0.29, 0.717) is 19.5 Å². The van der Waals surface area contributed by atoms with Gasteiger partial charge in [-0.2, -0.15) is 0 Å². The van der Waals surface area contributed by atoms with E-state index in [2.05, 4.69) is 18.1 Å². The molecule has 3 heteroatoms. The molecular formula is C17H20N2O. The number of aromatic nitrogens is 1. The summed E-state index contributed by atoms with van der Waals surface area (Å²) in [5.74, 6) is 0.0950. The minimum absolute atomic E-state index is 0.0950. The van der Waals surface area contributed by atoms with Crippen LogP contribution in [0.4, 0.5) is 0 Å². The van der Waals surface area contributed by atoms with Crippen LogP contribution in [0, 0.1) is 6.92 Å². The van der Waals surface area contributed by atoms with E-state index in [-0.39, 0.29) is 5.91 Å². The number of nitrogens with one attached hydrogen (secondary N) is 1. The Morgan fingerprint density at radius 3 is 2.55 bits per heavy atom. The molecule has 1 N–H and O–H groups in total. The summed E-state index contributed by atoms with van der Waals surface area (Å²) in [6.45, 7) is 10.5. The van der Waals surface area contributed by atoms with Crippen molar-refractivity contribution in [3.05, 3.63) is 60.8 Å². The van der Waals surface area contributed by atoms with E-state index in [0.717, 1.165) is 22.2 Å². The van der Waals surface area contributed by atoms with Crippen LogP contribution in [0.2, 0.25) is 0 Å². The molecule has 0 saturated carbocycles. The third-order valence-corrected chi connectivity index (χ3v) is 3.41. The number of carbonyl (C=O) groups excluding carboxylic acids is 1. The van der Waals surface area contributed by atoms with Gasteiger partial charge in [-0.1, -0.05) is 30.4 Å². The molecule has 104 valence electrons. The quantitative estimate of drug-likeness (QED) is 0.802. The van der Waals surface area contributed by atoms with Gasteiger partial charge in [-0.25, -0.2) is 0 Å². The number of benzene rings is 1. The normalized spacial score (nSPS) is 10.4. The highest BCUT2D eigenvalue weighted by Crippen LogP contribution is 2.22. The fourth-order valence-corrected chi connectivity index (χ4v) is 2.42. The van der Waals surface area contributed by atoms with Crippen LogP contribution in [0.3, 0.4) is 0 Å². The Kier molecular flexibility index (Phi) is 4.41. The van der Waals surface area contributed by atoms with Crippen LogP contribution in [0.1, 0.15) is 11.3 Å². The number of nitrogens with zero attached hydrogens (tertiary/aromatic N) is 1. The summed E-state index contributed by atoms with van der Waals surface area (Å²) in [5, 5.41) is 1.12. The first-order valence-corrected chi connectivity index (χ1v) is 6.73. The first-order valence-electron chi connectivity index (χ1n) is 6.73. The van der Waals surface area contributed by atoms with Crippen LogP contribution in [0.25, 0.3) is 10.9 Å². The molecule has 1 amide bonds. The molecule has 0 saturated heterocycles. The number of aryl methyl sites for hydroxylation is 1. The second kappa shape index (κ2) is 6.24. The van der Waals surface area contributed by atoms with Gasteiger partial charge in [-0.3, -0.25) is 4.79 Å². The number of rotatable bonds is 6. The van der Waals surface area contributed by atoms with Crippen LogP contribution >= 0.6 is 0 Å². The average Bonchev–Trinajstić information content (AvgIpc) is 2.75. The van der Waals surface area contributed by atoms with Gasteiger partial charge >= 0.3 is 0 Å². The molecule has 0 aliphatic rings. The van der Waals surface area contributed by atoms with Crippen molar-refractivity contribution in [1.29, 1.82) is 0 Å². The molecule has 1 aromatic carbocycles. The van der Waals surface area contributed by atoms with E-state index >= 15 is 0 Å². The Balaban J connectivity index is 2.26. The molecule has 0 atom stereocenters. The summed E-state index contributed by atoms with van der Waals surface area (Å²) in [7, 11) is 0. The van der Waals surface area contributed by atoms with Gasteiger partial charge in [0.15, 0.2) is 0 Å². The predicted molar refractivity (Wildman–Crippen MR) is 83.7 cm³/mol. The fourth-order valence-electron chi connectivity index (χ4n) is 2.42. The molecule has 1 heterocycles. The van der Waals surface area contributed by atoms with E-state index in [1.54, 1.807) is 17.1 Å². The average molecular weight is 268 g/mol. The fraction of sp³-hybridized carbons (Fsp3) is 0.235. The van der Waals surface area contributed by atoms with Crippen LogP contribution in [-0.4, -0.2) is 28.9 Å². The molecule has 20 heavy (non-hydrogen) atoms. The molecule has 0 aliphatic heterocycles. The van der Waals surface area contributed by atoms with Crippen molar-refractivity contribution < 1.29 is 4.79 Å². The first kappa shape index (κ1) is 14.1. The number of aromatic amines is 1. The minimum atomic E-state index is 0.0950. The van der Waals surface area contributed by atoms with Crippen molar-refractivity contribution in [2.24, 2.45) is 0 Å². The number of para-hydroxylation sites is 1. The van der Waals surface area contributed by atoms with Crippen molar-refractivity contribution >= 4 is 16.8 Å². The van der Waals surface area contributed by atoms with Crippen LogP contribution in [0.5, 0.6) is 0 Å². The molecular weight excluding hydrogens is 248 g/mol. The molecule has 3 nitrogen and oxygen atoms in total. The largest absolute Gasteiger partial charge is 0.358 e. The number of amides is 1. The topological polar surface area (TPSA) is 36.1 Å². The second-order valence-corrected chi connectivity index (χ2v) is 4.83. The molecule has 0 unspecified atom stereocenters. The van der Waals surface area contributed by atoms with Crippen LogP contribution in [-0.2, 0) is 11.2 Å². The molecule has 2 aromatic rings. The lowest BCUT2D eigenvalue weighted by molar-refractivity contribution is -0.129. The lowest BCUT2D eigenvalue weighted by Gasteiger charge is -2.19. The van der Waals surface area contributed by atoms with Crippen molar-refractivity contribution in [2.75, 3.05) is 13.1 Å². The molecule has 0 fully saturated rings. The van der Waals surface area contributed by atoms with Crippen molar-refractivity contribution in [3.63, 3.8) is 0 Å². The Morgan fingerprint density at radius 1 is 1.25 bits per heavy atom. The first-order chi connectivity index (χ1) is 9.67. The Labute approximate surface area is 119 Å². The zero-order valence-corrected chi connectivity index (χ0v) is 11.9.